The average molecular weight is 628 g/mol. The van der Waals surface area contributed by atoms with Crippen LogP contribution in [0.15, 0.2) is 36.8 Å². The number of alkyl halides is 1. The number of nitrogens with one attached hydrogen (secondary N) is 2. The van der Waals surface area contributed by atoms with Gasteiger partial charge in [-0.25, -0.2) is 23.2 Å². The van der Waals surface area contributed by atoms with Crippen LogP contribution in [0.25, 0.3) is 11.0 Å². The summed E-state index contributed by atoms with van der Waals surface area (Å²) in [5.41, 5.74) is 2.09. The van der Waals surface area contributed by atoms with Gasteiger partial charge in [0.05, 0.1) is 10.5 Å². The lowest BCUT2D eigenvalue weighted by molar-refractivity contribution is -0.118. The van der Waals surface area contributed by atoms with Gasteiger partial charge in [0.2, 0.25) is 5.91 Å². The minimum atomic E-state index is -3.40. The molecule has 0 radical (unpaired) electrons. The molecule has 0 aliphatic carbocycles. The van der Waals surface area contributed by atoms with E-state index < -0.39 is 32.7 Å². The van der Waals surface area contributed by atoms with Crippen molar-refractivity contribution in [1.29, 1.82) is 0 Å². The fourth-order valence-electron chi connectivity index (χ4n) is 4.33. The number of carbonyl (C=O) groups excluding carboxylic acids is 2. The molecule has 3 heterocycles. The maximum atomic E-state index is 12.2. The second kappa shape index (κ2) is 12.7. The number of ether oxygens (including phenoxy) is 2. The number of rotatable bonds is 10. The lowest BCUT2D eigenvalue weighted by Gasteiger charge is -2.33. The van der Waals surface area contributed by atoms with E-state index in [1.807, 2.05) is 22.9 Å². The Morgan fingerprint density at radius 3 is 2.56 bits per heavy atom. The summed E-state index contributed by atoms with van der Waals surface area (Å²) >= 11 is 12.5. The van der Waals surface area contributed by atoms with Gasteiger partial charge in [0, 0.05) is 57.2 Å². The zero-order valence-corrected chi connectivity index (χ0v) is 25.2. The topological polar surface area (TPSA) is 145 Å². The molecular formula is C26H32Cl2N6O6S. The highest BCUT2D eigenvalue weighted by Crippen LogP contribution is 2.32. The van der Waals surface area contributed by atoms with Crippen LogP contribution in [0.3, 0.4) is 0 Å². The van der Waals surface area contributed by atoms with Gasteiger partial charge in [-0.05, 0) is 38.1 Å². The van der Waals surface area contributed by atoms with Crippen LogP contribution in [0.5, 0.6) is 5.75 Å². The van der Waals surface area contributed by atoms with Crippen LogP contribution >= 0.6 is 23.2 Å². The molecule has 222 valence electrons. The van der Waals surface area contributed by atoms with Gasteiger partial charge in [-0.3, -0.25) is 4.79 Å². The summed E-state index contributed by atoms with van der Waals surface area (Å²) < 4.78 is 35.8. The van der Waals surface area contributed by atoms with Crippen molar-refractivity contribution in [3.05, 3.63) is 41.8 Å². The van der Waals surface area contributed by atoms with Crippen LogP contribution < -0.4 is 15.4 Å². The van der Waals surface area contributed by atoms with Gasteiger partial charge in [-0.1, -0.05) is 23.2 Å². The average Bonchev–Trinajstić information content (AvgIpc) is 3.28. The van der Waals surface area contributed by atoms with E-state index >= 15 is 0 Å². The van der Waals surface area contributed by atoms with Crippen LogP contribution in [0, 0.1) is 0 Å². The molecule has 12 nitrogen and oxygen atoms in total. The summed E-state index contributed by atoms with van der Waals surface area (Å²) in [5, 5.41) is 5.23. The Morgan fingerprint density at radius 2 is 1.90 bits per heavy atom. The van der Waals surface area contributed by atoms with E-state index in [1.165, 1.54) is 6.33 Å². The highest BCUT2D eigenvalue weighted by atomic mass is 35.5. The maximum Gasteiger partial charge on any atom is 0.411 e. The number of amides is 2. The third-order valence-electron chi connectivity index (χ3n) is 6.14. The molecule has 0 saturated carbocycles. The molecule has 41 heavy (non-hydrogen) atoms. The number of benzene rings is 1. The Labute approximate surface area is 248 Å². The second-order valence-corrected chi connectivity index (χ2v) is 13.6. The second-order valence-electron chi connectivity index (χ2n) is 10.2. The highest BCUT2D eigenvalue weighted by Gasteiger charge is 2.29. The Hall–Kier alpha value is -3.29. The Kier molecular flexibility index (Phi) is 9.50. The van der Waals surface area contributed by atoms with Crippen molar-refractivity contribution < 1.29 is 27.5 Å². The van der Waals surface area contributed by atoms with E-state index in [0.717, 1.165) is 6.26 Å². The largest absolute Gasteiger partial charge is 0.489 e. The molecule has 0 unspecified atom stereocenters. The maximum absolute atomic E-state index is 12.2. The van der Waals surface area contributed by atoms with Crippen molar-refractivity contribution >= 4 is 67.6 Å². The number of halogens is 2. The quantitative estimate of drug-likeness (QED) is 0.319. The van der Waals surface area contributed by atoms with Crippen LogP contribution in [0.2, 0.25) is 5.02 Å². The molecule has 2 N–H and O–H groups in total. The molecule has 2 amide bonds. The molecule has 1 aromatic carbocycles. The lowest BCUT2D eigenvalue weighted by atomic mass is 10.1. The number of likely N-dealkylation sites (tertiary alicyclic amines) is 1. The van der Waals surface area contributed by atoms with Gasteiger partial charge in [-0.2, -0.15) is 0 Å². The molecule has 3 aromatic rings. The summed E-state index contributed by atoms with van der Waals surface area (Å²) in [4.78, 5) is 34.4. The van der Waals surface area contributed by atoms with E-state index in [4.69, 9.17) is 32.7 Å². The van der Waals surface area contributed by atoms with Gasteiger partial charge in [0.25, 0.3) is 0 Å². The highest BCUT2D eigenvalue weighted by molar-refractivity contribution is 7.91. The normalized spacial score (nSPS) is 14.6. The number of sulfone groups is 1. The van der Waals surface area contributed by atoms with E-state index in [0.29, 0.717) is 65.8 Å². The van der Waals surface area contributed by atoms with Gasteiger partial charge in [0.15, 0.2) is 20.7 Å². The van der Waals surface area contributed by atoms with Gasteiger partial charge >= 0.3 is 6.09 Å². The number of hydrogen-bond acceptors (Lipinski definition) is 9. The molecular weight excluding hydrogens is 595 g/mol. The van der Waals surface area contributed by atoms with Crippen molar-refractivity contribution in [2.75, 3.05) is 37.0 Å². The van der Waals surface area contributed by atoms with E-state index in [1.54, 1.807) is 30.9 Å². The smallest absolute Gasteiger partial charge is 0.411 e. The first kappa shape index (κ1) is 30.7. The minimum Gasteiger partial charge on any atom is -0.489 e. The summed E-state index contributed by atoms with van der Waals surface area (Å²) in [6.07, 6.45) is 4.97. The standard InChI is InChI=1S/C26H32Cl2N6O6S/c1-26(2,28)40-25(36)34-10-6-18(7-11-34)39-21-5-4-17(14-19(21)27)32-24-23-20(30-16-31-24)8-12-33(23)13-9-29-22(35)15-41(3,37)38/h4-5,8,12,14,16,18H,6-7,9-11,13,15H2,1-3H3,(H,29,35)(H,30,31,32). The first-order chi connectivity index (χ1) is 19.3. The Bertz CT molecular complexity index is 1520. The van der Waals surface area contributed by atoms with Gasteiger partial charge < -0.3 is 29.6 Å². The predicted molar refractivity (Wildman–Crippen MR) is 157 cm³/mol. The molecule has 2 aromatic heterocycles. The molecule has 15 heteroatoms. The molecule has 0 atom stereocenters. The Morgan fingerprint density at radius 1 is 1.17 bits per heavy atom. The molecule has 4 rings (SSSR count). The molecule has 1 fully saturated rings. The number of aromatic nitrogens is 3. The zero-order chi connectivity index (χ0) is 29.8. The van der Waals surface area contributed by atoms with Crippen molar-refractivity contribution in [3.8, 4) is 5.75 Å². The SMILES string of the molecule is CC(C)(Cl)OC(=O)N1CCC(Oc2ccc(Nc3ncnc4ccn(CCNC(=O)CS(C)(=O)=O)c34)cc2Cl)CC1. The Balaban J connectivity index is 1.37. The van der Waals surface area contributed by atoms with E-state index in [-0.39, 0.29) is 12.6 Å². The fraction of sp³-hybridized carbons (Fsp3) is 0.462. The monoisotopic (exact) mass is 626 g/mol. The number of fused-ring (bicyclic) bond motifs is 1. The van der Waals surface area contributed by atoms with Crippen molar-refractivity contribution in [1.82, 2.24) is 24.8 Å². The predicted octanol–water partition coefficient (Wildman–Crippen LogP) is 3.94. The molecule has 1 aliphatic rings. The number of anilines is 2. The first-order valence-electron chi connectivity index (χ1n) is 12.9. The number of hydrogen-bond donors (Lipinski definition) is 2. The van der Waals surface area contributed by atoms with Crippen molar-refractivity contribution in [3.63, 3.8) is 0 Å². The van der Waals surface area contributed by atoms with Crippen LogP contribution in [-0.2, 0) is 25.9 Å². The summed E-state index contributed by atoms with van der Waals surface area (Å²) in [6.45, 7) is 4.81. The third kappa shape index (κ3) is 8.85. The van der Waals surface area contributed by atoms with Crippen molar-refractivity contribution in [2.45, 2.75) is 44.4 Å². The van der Waals surface area contributed by atoms with Crippen LogP contribution in [0.1, 0.15) is 26.7 Å². The van der Waals surface area contributed by atoms with E-state index in [2.05, 4.69) is 20.6 Å². The third-order valence-corrected chi connectivity index (χ3v) is 7.30. The molecule has 1 aliphatic heterocycles. The number of nitrogens with zero attached hydrogens (tertiary/aromatic N) is 4. The molecule has 0 spiro atoms. The van der Waals surface area contributed by atoms with Crippen LogP contribution in [-0.4, -0.2) is 82.7 Å². The summed E-state index contributed by atoms with van der Waals surface area (Å²) in [7, 11) is -3.40. The first-order valence-corrected chi connectivity index (χ1v) is 15.7. The van der Waals surface area contributed by atoms with Gasteiger partial charge in [0.1, 0.15) is 29.5 Å². The number of carbonyl (C=O) groups is 2. The minimum absolute atomic E-state index is 0.109. The number of piperidine rings is 1. The van der Waals surface area contributed by atoms with E-state index in [9.17, 15) is 18.0 Å². The van der Waals surface area contributed by atoms with Crippen molar-refractivity contribution in [2.24, 2.45) is 0 Å². The lowest BCUT2D eigenvalue weighted by Crippen LogP contribution is -2.43. The zero-order valence-electron chi connectivity index (χ0n) is 22.9. The van der Waals surface area contributed by atoms with Gasteiger partial charge in [-0.15, -0.1) is 0 Å². The summed E-state index contributed by atoms with van der Waals surface area (Å²) in [5.74, 6) is -0.0526. The van der Waals surface area contributed by atoms with Crippen LogP contribution in [0.4, 0.5) is 16.3 Å². The molecule has 1 saturated heterocycles. The fourth-order valence-corrected chi connectivity index (χ4v) is 5.20. The summed E-state index contributed by atoms with van der Waals surface area (Å²) in [6, 6.07) is 7.16. The molecule has 0 bridgehead atoms.